The molecule has 0 bridgehead atoms. The molecule has 0 heterocycles. The third-order valence-corrected chi connectivity index (χ3v) is 4.47. The summed E-state index contributed by atoms with van der Waals surface area (Å²) >= 11 is 0. The van der Waals surface area contributed by atoms with Crippen LogP contribution in [-0.2, 0) is 13.2 Å². The van der Waals surface area contributed by atoms with Gasteiger partial charge in [0.2, 0.25) is 5.75 Å². The molecule has 0 atom stereocenters. The van der Waals surface area contributed by atoms with Crippen molar-refractivity contribution >= 4 is 0 Å². The van der Waals surface area contributed by atoms with Gasteiger partial charge in [-0.25, -0.2) is 0 Å². The van der Waals surface area contributed by atoms with Gasteiger partial charge in [-0.05, 0) is 41.7 Å². The first-order chi connectivity index (χ1) is 13.7. The number of rotatable bonds is 9. The van der Waals surface area contributed by atoms with Crippen molar-refractivity contribution in [2.45, 2.75) is 39.9 Å². The summed E-state index contributed by atoms with van der Waals surface area (Å²) in [5, 5.41) is 0. The Kier molecular flexibility index (Phi) is 6.96. The van der Waals surface area contributed by atoms with Gasteiger partial charge in [-0.15, -0.1) is 0 Å². The molecule has 3 rings (SSSR count). The Morgan fingerprint density at radius 3 is 1.54 bits per heavy atom. The Bertz CT molecular complexity index is 793. The molecule has 0 fully saturated rings. The smallest absolute Gasteiger partial charge is 0.203 e. The molecule has 0 saturated carbocycles. The Hall–Kier alpha value is -2.94. The highest BCUT2D eigenvalue weighted by Crippen LogP contribution is 2.41. The quantitative estimate of drug-likeness (QED) is 0.434. The molecule has 0 aliphatic heterocycles. The van der Waals surface area contributed by atoms with E-state index >= 15 is 0 Å². The molecule has 0 aliphatic carbocycles. The molecule has 0 amide bonds. The van der Waals surface area contributed by atoms with Gasteiger partial charge in [0.25, 0.3) is 0 Å². The van der Waals surface area contributed by atoms with Crippen LogP contribution in [0.1, 0.15) is 43.4 Å². The molecule has 3 aromatic rings. The van der Waals surface area contributed by atoms with Crippen LogP contribution >= 0.6 is 0 Å². The number of ether oxygens (including phenoxy) is 3. The van der Waals surface area contributed by atoms with Crippen molar-refractivity contribution in [3.8, 4) is 17.2 Å². The first-order valence-electron chi connectivity index (χ1n) is 9.81. The minimum atomic E-state index is 0.355. The normalized spacial score (nSPS) is 10.7. The minimum Gasteiger partial charge on any atom is -0.487 e. The summed E-state index contributed by atoms with van der Waals surface area (Å²) in [7, 11) is 0. The van der Waals surface area contributed by atoms with E-state index in [1.165, 1.54) is 0 Å². The van der Waals surface area contributed by atoms with Gasteiger partial charge in [-0.2, -0.15) is 0 Å². The molecule has 0 aliphatic rings. The van der Waals surface area contributed by atoms with Crippen LogP contribution in [0.4, 0.5) is 0 Å². The molecule has 3 heteroatoms. The standard InChI is InChI=1S/C25H28O3/c1-4-26-25-23(27-17-20-11-7-5-8-12-20)15-22(19(2)3)16-24(25)28-18-21-13-9-6-10-14-21/h5-16,19H,4,17-18H2,1-3H3. The third-order valence-electron chi connectivity index (χ3n) is 4.47. The van der Waals surface area contributed by atoms with Crippen LogP contribution in [0.15, 0.2) is 72.8 Å². The maximum Gasteiger partial charge on any atom is 0.203 e. The molecule has 28 heavy (non-hydrogen) atoms. The molecule has 0 N–H and O–H groups in total. The van der Waals surface area contributed by atoms with Crippen LogP contribution in [0, 0.1) is 0 Å². The van der Waals surface area contributed by atoms with Gasteiger partial charge >= 0.3 is 0 Å². The Morgan fingerprint density at radius 1 is 0.679 bits per heavy atom. The Balaban J connectivity index is 1.88. The summed E-state index contributed by atoms with van der Waals surface area (Å²) < 4.78 is 18.2. The van der Waals surface area contributed by atoms with Crippen LogP contribution in [0.2, 0.25) is 0 Å². The average molecular weight is 376 g/mol. The van der Waals surface area contributed by atoms with Crippen molar-refractivity contribution in [1.29, 1.82) is 0 Å². The fourth-order valence-electron chi connectivity index (χ4n) is 2.90. The number of benzene rings is 3. The van der Waals surface area contributed by atoms with E-state index in [2.05, 4.69) is 50.2 Å². The summed E-state index contributed by atoms with van der Waals surface area (Å²) in [5.74, 6) is 2.47. The first kappa shape index (κ1) is 19.8. The predicted octanol–water partition coefficient (Wildman–Crippen LogP) is 6.37. The summed E-state index contributed by atoms with van der Waals surface area (Å²) in [6, 6.07) is 24.4. The highest BCUT2D eigenvalue weighted by molar-refractivity contribution is 5.54. The van der Waals surface area contributed by atoms with E-state index in [4.69, 9.17) is 14.2 Å². The van der Waals surface area contributed by atoms with Gasteiger partial charge in [0.1, 0.15) is 13.2 Å². The van der Waals surface area contributed by atoms with Gasteiger partial charge in [-0.1, -0.05) is 74.5 Å². The topological polar surface area (TPSA) is 27.7 Å². The first-order valence-corrected chi connectivity index (χ1v) is 9.81. The zero-order valence-electron chi connectivity index (χ0n) is 16.9. The number of hydrogen-bond donors (Lipinski definition) is 0. The second-order valence-electron chi connectivity index (χ2n) is 6.98. The molecular formula is C25H28O3. The molecule has 0 aromatic heterocycles. The van der Waals surface area contributed by atoms with E-state index in [0.717, 1.165) is 28.2 Å². The monoisotopic (exact) mass is 376 g/mol. The van der Waals surface area contributed by atoms with Crippen molar-refractivity contribution in [2.75, 3.05) is 6.61 Å². The predicted molar refractivity (Wildman–Crippen MR) is 113 cm³/mol. The van der Waals surface area contributed by atoms with Crippen molar-refractivity contribution in [3.63, 3.8) is 0 Å². The highest BCUT2D eigenvalue weighted by atomic mass is 16.5. The molecule has 0 saturated heterocycles. The van der Waals surface area contributed by atoms with Crippen molar-refractivity contribution in [1.82, 2.24) is 0 Å². The molecule has 0 spiro atoms. The maximum absolute atomic E-state index is 6.15. The van der Waals surface area contributed by atoms with Crippen molar-refractivity contribution in [2.24, 2.45) is 0 Å². The second-order valence-corrected chi connectivity index (χ2v) is 6.98. The highest BCUT2D eigenvalue weighted by Gasteiger charge is 2.17. The van der Waals surface area contributed by atoms with Crippen molar-refractivity contribution < 1.29 is 14.2 Å². The maximum atomic E-state index is 6.15. The fraction of sp³-hybridized carbons (Fsp3) is 0.280. The van der Waals surface area contributed by atoms with Crippen LogP contribution in [0.3, 0.4) is 0 Å². The molecule has 0 radical (unpaired) electrons. The lowest BCUT2D eigenvalue weighted by Crippen LogP contribution is -2.05. The van der Waals surface area contributed by atoms with Gasteiger partial charge in [-0.3, -0.25) is 0 Å². The number of hydrogen-bond acceptors (Lipinski definition) is 3. The van der Waals surface area contributed by atoms with Crippen LogP contribution in [0.25, 0.3) is 0 Å². The van der Waals surface area contributed by atoms with Gasteiger partial charge < -0.3 is 14.2 Å². The SMILES string of the molecule is CCOc1c(OCc2ccccc2)cc(C(C)C)cc1OCc1ccccc1. The fourth-order valence-corrected chi connectivity index (χ4v) is 2.90. The molecular weight excluding hydrogens is 348 g/mol. The van der Waals surface area contributed by atoms with Gasteiger partial charge in [0, 0.05) is 0 Å². The van der Waals surface area contributed by atoms with Crippen LogP contribution < -0.4 is 14.2 Å². The van der Waals surface area contributed by atoms with Crippen LogP contribution in [0.5, 0.6) is 17.2 Å². The molecule has 146 valence electrons. The minimum absolute atomic E-state index is 0.355. The van der Waals surface area contributed by atoms with E-state index in [-0.39, 0.29) is 0 Å². The van der Waals surface area contributed by atoms with Crippen molar-refractivity contribution in [3.05, 3.63) is 89.5 Å². The van der Waals surface area contributed by atoms with E-state index < -0.39 is 0 Å². The Labute approximate surface area is 167 Å². The summed E-state index contributed by atoms with van der Waals surface area (Å²) in [6.07, 6.45) is 0. The van der Waals surface area contributed by atoms with E-state index in [1.807, 2.05) is 43.3 Å². The lowest BCUT2D eigenvalue weighted by molar-refractivity contribution is 0.241. The molecule has 0 unspecified atom stereocenters. The lowest BCUT2D eigenvalue weighted by atomic mass is 10.0. The van der Waals surface area contributed by atoms with E-state index in [0.29, 0.717) is 31.5 Å². The summed E-state index contributed by atoms with van der Waals surface area (Å²) in [5.41, 5.74) is 3.40. The van der Waals surface area contributed by atoms with E-state index in [1.54, 1.807) is 0 Å². The lowest BCUT2D eigenvalue weighted by Gasteiger charge is -2.19. The van der Waals surface area contributed by atoms with Gasteiger partial charge in [0.15, 0.2) is 11.5 Å². The second kappa shape index (κ2) is 9.84. The van der Waals surface area contributed by atoms with Crippen LogP contribution in [-0.4, -0.2) is 6.61 Å². The van der Waals surface area contributed by atoms with Gasteiger partial charge in [0.05, 0.1) is 6.61 Å². The average Bonchev–Trinajstić information content (AvgIpc) is 2.73. The summed E-state index contributed by atoms with van der Waals surface area (Å²) in [6.45, 7) is 7.82. The third kappa shape index (κ3) is 5.29. The Morgan fingerprint density at radius 2 is 1.14 bits per heavy atom. The van der Waals surface area contributed by atoms with E-state index in [9.17, 15) is 0 Å². The summed E-state index contributed by atoms with van der Waals surface area (Å²) in [4.78, 5) is 0. The zero-order chi connectivity index (χ0) is 19.8. The zero-order valence-corrected chi connectivity index (χ0v) is 16.9. The molecule has 3 nitrogen and oxygen atoms in total. The largest absolute Gasteiger partial charge is 0.487 e. The molecule has 3 aromatic carbocycles.